The summed E-state index contributed by atoms with van der Waals surface area (Å²) in [6, 6.07) is 9.75. The minimum absolute atomic E-state index is 0.0149. The highest BCUT2D eigenvalue weighted by molar-refractivity contribution is 5.97. The summed E-state index contributed by atoms with van der Waals surface area (Å²) in [6.07, 6.45) is 3.63. The molecule has 1 aliphatic rings. The molecule has 0 aliphatic carbocycles. The first-order valence-corrected chi connectivity index (χ1v) is 11.7. The molecule has 35 heavy (non-hydrogen) atoms. The van der Waals surface area contributed by atoms with Crippen LogP contribution in [0.3, 0.4) is 0 Å². The predicted octanol–water partition coefficient (Wildman–Crippen LogP) is 5.62. The average Bonchev–Trinajstić information content (AvgIpc) is 3.24. The normalized spacial score (nSPS) is 16.9. The number of anilines is 1. The standard InChI is InChI=1S/C26H30N4O5/c1-6-9-29-21-13-23(34-5)18(11-20(21)16(2)14-26(29,3)4)15-27-28-25(31)24-12-17-10-19(30(32)33)7-8-22(17)35-24/h7-8,10-13,15-16H,6,9,14H2,1-5H3,(H,28,31)/b27-15-. The fourth-order valence-corrected chi connectivity index (χ4v) is 4.92. The van der Waals surface area contributed by atoms with Gasteiger partial charge in [-0.3, -0.25) is 14.9 Å². The number of fused-ring (bicyclic) bond motifs is 2. The first-order valence-electron chi connectivity index (χ1n) is 11.7. The van der Waals surface area contributed by atoms with Crippen molar-refractivity contribution in [3.8, 4) is 5.75 Å². The van der Waals surface area contributed by atoms with Gasteiger partial charge in [0.2, 0.25) is 0 Å². The number of furan rings is 1. The largest absolute Gasteiger partial charge is 0.496 e. The molecule has 9 heteroatoms. The van der Waals surface area contributed by atoms with Crippen LogP contribution in [0.1, 0.15) is 68.1 Å². The van der Waals surface area contributed by atoms with Gasteiger partial charge in [-0.2, -0.15) is 5.10 Å². The molecule has 0 fully saturated rings. The van der Waals surface area contributed by atoms with Crippen molar-refractivity contribution in [3.63, 3.8) is 0 Å². The zero-order valence-electron chi connectivity index (χ0n) is 20.6. The van der Waals surface area contributed by atoms with E-state index >= 15 is 0 Å². The maximum Gasteiger partial charge on any atom is 0.307 e. The summed E-state index contributed by atoms with van der Waals surface area (Å²) in [5, 5.41) is 15.6. The molecule has 2 aromatic carbocycles. The molecule has 1 unspecified atom stereocenters. The smallest absolute Gasteiger partial charge is 0.307 e. The van der Waals surface area contributed by atoms with Crippen molar-refractivity contribution in [2.45, 2.75) is 52.0 Å². The second-order valence-electron chi connectivity index (χ2n) is 9.51. The zero-order valence-corrected chi connectivity index (χ0v) is 20.6. The number of non-ortho nitro benzene ring substituents is 1. The first-order chi connectivity index (χ1) is 16.6. The third-order valence-corrected chi connectivity index (χ3v) is 6.49. The second kappa shape index (κ2) is 9.40. The number of amides is 1. The van der Waals surface area contributed by atoms with Crippen LogP contribution < -0.4 is 15.1 Å². The molecule has 0 saturated carbocycles. The predicted molar refractivity (Wildman–Crippen MR) is 136 cm³/mol. The van der Waals surface area contributed by atoms with Crippen molar-refractivity contribution >= 4 is 34.5 Å². The van der Waals surface area contributed by atoms with E-state index in [1.807, 2.05) is 0 Å². The maximum atomic E-state index is 12.6. The maximum absolute atomic E-state index is 12.6. The van der Waals surface area contributed by atoms with Gasteiger partial charge in [-0.25, -0.2) is 5.43 Å². The summed E-state index contributed by atoms with van der Waals surface area (Å²) in [5.41, 5.74) is 5.98. The lowest BCUT2D eigenvalue weighted by Gasteiger charge is -2.47. The first kappa shape index (κ1) is 24.3. The molecule has 1 aromatic heterocycles. The van der Waals surface area contributed by atoms with Crippen molar-refractivity contribution in [1.29, 1.82) is 0 Å². The van der Waals surface area contributed by atoms with Gasteiger partial charge >= 0.3 is 5.91 Å². The van der Waals surface area contributed by atoms with Crippen LogP contribution in [0.5, 0.6) is 5.75 Å². The van der Waals surface area contributed by atoms with Gasteiger partial charge in [0.1, 0.15) is 11.3 Å². The molecule has 0 spiro atoms. The second-order valence-corrected chi connectivity index (χ2v) is 9.51. The summed E-state index contributed by atoms with van der Waals surface area (Å²) in [5.74, 6) is 0.492. The van der Waals surface area contributed by atoms with Crippen molar-refractivity contribution in [2.24, 2.45) is 5.10 Å². The average molecular weight is 479 g/mol. The van der Waals surface area contributed by atoms with Gasteiger partial charge in [0.15, 0.2) is 5.76 Å². The van der Waals surface area contributed by atoms with Gasteiger partial charge in [-0.1, -0.05) is 13.8 Å². The molecule has 1 atom stereocenters. The molecule has 1 amide bonds. The van der Waals surface area contributed by atoms with Gasteiger partial charge in [0.25, 0.3) is 5.69 Å². The van der Waals surface area contributed by atoms with E-state index in [0.29, 0.717) is 22.6 Å². The number of methoxy groups -OCH3 is 1. The Labute approximate surface area is 203 Å². The van der Waals surface area contributed by atoms with E-state index in [9.17, 15) is 14.9 Å². The van der Waals surface area contributed by atoms with Crippen LogP contribution >= 0.6 is 0 Å². The minimum Gasteiger partial charge on any atom is -0.496 e. The lowest BCUT2D eigenvalue weighted by atomic mass is 9.79. The highest BCUT2D eigenvalue weighted by atomic mass is 16.6. The fourth-order valence-electron chi connectivity index (χ4n) is 4.92. The molecule has 0 radical (unpaired) electrons. The van der Waals surface area contributed by atoms with E-state index in [4.69, 9.17) is 9.15 Å². The number of nitro benzene ring substituents is 1. The van der Waals surface area contributed by atoms with Crippen LogP contribution in [0.4, 0.5) is 11.4 Å². The Hall–Kier alpha value is -3.88. The summed E-state index contributed by atoms with van der Waals surface area (Å²) in [6.45, 7) is 9.91. The number of ether oxygens (including phenoxy) is 1. The third kappa shape index (κ3) is 4.71. The highest BCUT2D eigenvalue weighted by Gasteiger charge is 2.36. The van der Waals surface area contributed by atoms with Crippen molar-refractivity contribution in [1.82, 2.24) is 5.43 Å². The molecule has 0 saturated heterocycles. The van der Waals surface area contributed by atoms with Crippen LogP contribution in [0.2, 0.25) is 0 Å². The van der Waals surface area contributed by atoms with Crippen LogP contribution in [0, 0.1) is 10.1 Å². The quantitative estimate of drug-likeness (QED) is 0.268. The third-order valence-electron chi connectivity index (χ3n) is 6.49. The highest BCUT2D eigenvalue weighted by Crippen LogP contribution is 2.45. The van der Waals surface area contributed by atoms with E-state index in [1.54, 1.807) is 13.3 Å². The van der Waals surface area contributed by atoms with E-state index in [0.717, 1.165) is 24.9 Å². The van der Waals surface area contributed by atoms with Gasteiger partial charge in [0, 0.05) is 46.9 Å². The molecule has 2 heterocycles. The van der Waals surface area contributed by atoms with E-state index in [-0.39, 0.29) is 17.0 Å². The van der Waals surface area contributed by atoms with E-state index < -0.39 is 10.8 Å². The number of nitrogens with one attached hydrogen (secondary N) is 1. The molecule has 184 valence electrons. The van der Waals surface area contributed by atoms with Crippen molar-refractivity contribution < 1.29 is 18.9 Å². The molecule has 3 aromatic rings. The Morgan fingerprint density at radius 1 is 1.34 bits per heavy atom. The van der Waals surface area contributed by atoms with Crippen LogP contribution in [0.15, 0.2) is 45.9 Å². The fraction of sp³-hybridized carbons (Fsp3) is 0.385. The number of carbonyl (C=O) groups is 1. The number of hydrogen-bond donors (Lipinski definition) is 1. The molecule has 9 nitrogen and oxygen atoms in total. The molecule has 4 rings (SSSR count). The summed E-state index contributed by atoms with van der Waals surface area (Å²) < 4.78 is 11.2. The summed E-state index contributed by atoms with van der Waals surface area (Å²) in [7, 11) is 1.62. The Morgan fingerprint density at radius 3 is 2.80 bits per heavy atom. The van der Waals surface area contributed by atoms with Crippen LogP contribution in [0.25, 0.3) is 11.0 Å². The van der Waals surface area contributed by atoms with Crippen LogP contribution in [-0.4, -0.2) is 36.2 Å². The number of hydrogen-bond acceptors (Lipinski definition) is 7. The molecular formula is C26H30N4O5. The lowest BCUT2D eigenvalue weighted by Crippen LogP contribution is -2.48. The number of rotatable bonds is 7. The number of nitro groups is 1. The van der Waals surface area contributed by atoms with E-state index in [1.165, 1.54) is 35.5 Å². The lowest BCUT2D eigenvalue weighted by molar-refractivity contribution is -0.384. The number of carbonyl (C=O) groups excluding carboxylic acids is 1. The van der Waals surface area contributed by atoms with Gasteiger partial charge < -0.3 is 14.1 Å². The summed E-state index contributed by atoms with van der Waals surface area (Å²) >= 11 is 0. The van der Waals surface area contributed by atoms with Gasteiger partial charge in [0.05, 0.1) is 18.2 Å². The van der Waals surface area contributed by atoms with Gasteiger partial charge in [-0.15, -0.1) is 0 Å². The van der Waals surface area contributed by atoms with E-state index in [2.05, 4.69) is 55.3 Å². The van der Waals surface area contributed by atoms with Gasteiger partial charge in [-0.05, 0) is 56.4 Å². The monoisotopic (exact) mass is 478 g/mol. The van der Waals surface area contributed by atoms with Crippen molar-refractivity contribution in [2.75, 3.05) is 18.6 Å². The molecular weight excluding hydrogens is 448 g/mol. The number of hydrazone groups is 1. The SMILES string of the molecule is CCCN1c2cc(OC)c(/C=N\NC(=O)c3cc4cc([N+](=O)[O-])ccc4o3)cc2C(C)CC1(C)C. The Balaban J connectivity index is 1.57. The summed E-state index contributed by atoms with van der Waals surface area (Å²) in [4.78, 5) is 25.5. The van der Waals surface area contributed by atoms with Crippen molar-refractivity contribution in [3.05, 3.63) is 63.4 Å². The molecule has 1 N–H and O–H groups in total. The van der Waals surface area contributed by atoms with Crippen LogP contribution in [-0.2, 0) is 0 Å². The Morgan fingerprint density at radius 2 is 2.11 bits per heavy atom. The zero-order chi connectivity index (χ0) is 25.3. The Bertz CT molecular complexity index is 1310. The Kier molecular flexibility index (Phi) is 6.51. The minimum atomic E-state index is -0.554. The number of benzene rings is 2. The number of nitrogens with zero attached hydrogens (tertiary/aromatic N) is 3. The molecule has 0 bridgehead atoms. The molecule has 1 aliphatic heterocycles. The topological polar surface area (TPSA) is 110 Å².